The van der Waals surface area contributed by atoms with Crippen LogP contribution in [-0.2, 0) is 23.6 Å². The summed E-state index contributed by atoms with van der Waals surface area (Å²) in [6.45, 7) is 5.87. The van der Waals surface area contributed by atoms with Crippen LogP contribution in [0.25, 0.3) is 0 Å². The van der Waals surface area contributed by atoms with Crippen molar-refractivity contribution < 1.29 is 8.42 Å². The molecule has 0 aliphatic rings. The van der Waals surface area contributed by atoms with E-state index in [-0.39, 0.29) is 12.4 Å². The molecule has 0 fully saturated rings. The Labute approximate surface area is 139 Å². The highest BCUT2D eigenvalue weighted by atomic mass is 35.5. The van der Waals surface area contributed by atoms with Crippen molar-refractivity contribution in [3.8, 4) is 0 Å². The van der Waals surface area contributed by atoms with Crippen molar-refractivity contribution in [2.24, 2.45) is 7.05 Å². The standard InChI is InChI=1S/C13H27N5O2S.ClH/c1-10(2)12-11(13(17(3)4)18(5)16-12)9-14-7-8-15-21(6,19)20;/h10,14-15H,7-9H2,1-6H3;1H. The van der Waals surface area contributed by atoms with E-state index < -0.39 is 10.0 Å². The lowest BCUT2D eigenvalue weighted by atomic mass is 10.1. The molecule has 2 N–H and O–H groups in total. The molecule has 1 aromatic rings. The van der Waals surface area contributed by atoms with Crippen molar-refractivity contribution in [3.63, 3.8) is 0 Å². The minimum absolute atomic E-state index is 0. The van der Waals surface area contributed by atoms with Gasteiger partial charge in [0.25, 0.3) is 0 Å². The molecule has 1 aromatic heterocycles. The summed E-state index contributed by atoms with van der Waals surface area (Å²) in [5.41, 5.74) is 2.24. The molecule has 0 bridgehead atoms. The zero-order valence-corrected chi connectivity index (χ0v) is 15.8. The van der Waals surface area contributed by atoms with Crippen molar-refractivity contribution in [2.75, 3.05) is 38.3 Å². The number of sulfonamides is 1. The van der Waals surface area contributed by atoms with Gasteiger partial charge in [-0.3, -0.25) is 4.68 Å². The topological polar surface area (TPSA) is 79.3 Å². The molecule has 0 aliphatic heterocycles. The van der Waals surface area contributed by atoms with E-state index in [4.69, 9.17) is 0 Å². The highest BCUT2D eigenvalue weighted by Crippen LogP contribution is 2.26. The summed E-state index contributed by atoms with van der Waals surface area (Å²) in [5, 5.41) is 7.86. The summed E-state index contributed by atoms with van der Waals surface area (Å²) in [6, 6.07) is 0. The van der Waals surface area contributed by atoms with Crippen LogP contribution in [0.1, 0.15) is 31.0 Å². The van der Waals surface area contributed by atoms with Gasteiger partial charge in [-0.1, -0.05) is 13.8 Å². The van der Waals surface area contributed by atoms with Crippen LogP contribution in [0, 0.1) is 0 Å². The van der Waals surface area contributed by atoms with E-state index in [0.717, 1.165) is 23.3 Å². The number of aromatic nitrogens is 2. The van der Waals surface area contributed by atoms with Gasteiger partial charge < -0.3 is 10.2 Å². The molecule has 0 atom stereocenters. The first-order valence-corrected chi connectivity index (χ1v) is 8.91. The Morgan fingerprint density at radius 3 is 2.32 bits per heavy atom. The van der Waals surface area contributed by atoms with Gasteiger partial charge in [0, 0.05) is 46.3 Å². The molecule has 0 radical (unpaired) electrons. The summed E-state index contributed by atoms with van der Waals surface area (Å²) in [6.07, 6.45) is 1.16. The number of hydrogen-bond donors (Lipinski definition) is 2. The molecule has 0 saturated heterocycles. The molecule has 0 unspecified atom stereocenters. The van der Waals surface area contributed by atoms with Gasteiger partial charge in [0.1, 0.15) is 5.82 Å². The monoisotopic (exact) mass is 353 g/mol. The zero-order chi connectivity index (χ0) is 16.2. The highest BCUT2D eigenvalue weighted by Gasteiger charge is 2.19. The molecule has 0 saturated carbocycles. The molecule has 22 heavy (non-hydrogen) atoms. The first-order valence-electron chi connectivity index (χ1n) is 7.02. The van der Waals surface area contributed by atoms with Crippen LogP contribution in [-0.4, -0.2) is 51.6 Å². The van der Waals surface area contributed by atoms with E-state index in [1.165, 1.54) is 0 Å². The van der Waals surface area contributed by atoms with Gasteiger partial charge in [0.2, 0.25) is 10.0 Å². The van der Waals surface area contributed by atoms with Crippen molar-refractivity contribution in [1.82, 2.24) is 19.8 Å². The molecule has 1 rings (SSSR count). The van der Waals surface area contributed by atoms with E-state index >= 15 is 0 Å². The number of hydrogen-bond acceptors (Lipinski definition) is 5. The van der Waals surface area contributed by atoms with Crippen LogP contribution in [0.15, 0.2) is 0 Å². The molecular formula is C13H28ClN5O2S. The van der Waals surface area contributed by atoms with Crippen molar-refractivity contribution in [1.29, 1.82) is 0 Å². The molecule has 0 aliphatic carbocycles. The summed E-state index contributed by atoms with van der Waals surface area (Å²) < 4.78 is 26.3. The first-order chi connectivity index (χ1) is 9.63. The van der Waals surface area contributed by atoms with Gasteiger partial charge in [-0.15, -0.1) is 12.4 Å². The third-order valence-corrected chi connectivity index (χ3v) is 3.81. The Hall–Kier alpha value is -0.830. The predicted octanol–water partition coefficient (Wildman–Crippen LogP) is 0.670. The van der Waals surface area contributed by atoms with E-state index in [1.807, 2.05) is 30.7 Å². The second-order valence-electron chi connectivity index (χ2n) is 5.70. The lowest BCUT2D eigenvalue weighted by Gasteiger charge is -2.16. The average molecular weight is 354 g/mol. The first kappa shape index (κ1) is 21.2. The number of aryl methyl sites for hydroxylation is 1. The molecule has 7 nitrogen and oxygen atoms in total. The highest BCUT2D eigenvalue weighted by molar-refractivity contribution is 7.88. The molecule has 1 heterocycles. The third kappa shape index (κ3) is 6.12. The Morgan fingerprint density at radius 1 is 1.27 bits per heavy atom. The van der Waals surface area contributed by atoms with Crippen LogP contribution in [0.4, 0.5) is 5.82 Å². The number of rotatable bonds is 8. The van der Waals surface area contributed by atoms with Crippen LogP contribution >= 0.6 is 12.4 Å². The van der Waals surface area contributed by atoms with Crippen molar-refractivity contribution in [3.05, 3.63) is 11.3 Å². The molecule has 0 spiro atoms. The van der Waals surface area contributed by atoms with E-state index in [9.17, 15) is 8.42 Å². The second-order valence-corrected chi connectivity index (χ2v) is 7.54. The minimum Gasteiger partial charge on any atom is -0.363 e. The Morgan fingerprint density at radius 2 is 1.86 bits per heavy atom. The van der Waals surface area contributed by atoms with Gasteiger partial charge in [-0.05, 0) is 5.92 Å². The zero-order valence-electron chi connectivity index (χ0n) is 14.2. The average Bonchev–Trinajstić information content (AvgIpc) is 2.64. The number of anilines is 1. The summed E-state index contributed by atoms with van der Waals surface area (Å²) in [5.74, 6) is 1.41. The van der Waals surface area contributed by atoms with Crippen molar-refractivity contribution in [2.45, 2.75) is 26.3 Å². The van der Waals surface area contributed by atoms with E-state index in [2.05, 4.69) is 29.0 Å². The SMILES string of the molecule is CC(C)c1nn(C)c(N(C)C)c1CNCCNS(C)(=O)=O.Cl. The van der Waals surface area contributed by atoms with Crippen LogP contribution < -0.4 is 14.9 Å². The maximum atomic E-state index is 11.0. The lowest BCUT2D eigenvalue weighted by Crippen LogP contribution is -2.31. The largest absolute Gasteiger partial charge is 0.363 e. The maximum absolute atomic E-state index is 11.0. The summed E-state index contributed by atoms with van der Waals surface area (Å²) in [7, 11) is 2.81. The fourth-order valence-electron chi connectivity index (χ4n) is 2.31. The number of halogens is 1. The lowest BCUT2D eigenvalue weighted by molar-refractivity contribution is 0.581. The smallest absolute Gasteiger partial charge is 0.208 e. The van der Waals surface area contributed by atoms with Crippen LogP contribution in [0.2, 0.25) is 0 Å². The maximum Gasteiger partial charge on any atom is 0.208 e. The third-order valence-electron chi connectivity index (χ3n) is 3.08. The van der Waals surface area contributed by atoms with Gasteiger partial charge >= 0.3 is 0 Å². The predicted molar refractivity (Wildman–Crippen MR) is 93.4 cm³/mol. The molecule has 9 heteroatoms. The number of nitrogens with zero attached hydrogens (tertiary/aromatic N) is 3. The summed E-state index contributed by atoms with van der Waals surface area (Å²) >= 11 is 0. The van der Waals surface area contributed by atoms with Crippen LogP contribution in [0.5, 0.6) is 0 Å². The fourth-order valence-corrected chi connectivity index (χ4v) is 2.78. The van der Waals surface area contributed by atoms with E-state index in [1.54, 1.807) is 0 Å². The van der Waals surface area contributed by atoms with Gasteiger partial charge in [0.15, 0.2) is 0 Å². The quantitative estimate of drug-likeness (QED) is 0.671. The molecular weight excluding hydrogens is 326 g/mol. The number of nitrogens with one attached hydrogen (secondary N) is 2. The Balaban J connectivity index is 0.00000441. The molecule has 0 amide bonds. The van der Waals surface area contributed by atoms with Gasteiger partial charge in [-0.2, -0.15) is 5.10 Å². The van der Waals surface area contributed by atoms with Crippen LogP contribution in [0.3, 0.4) is 0 Å². The summed E-state index contributed by atoms with van der Waals surface area (Å²) in [4.78, 5) is 2.05. The van der Waals surface area contributed by atoms with Gasteiger partial charge in [0.05, 0.1) is 11.9 Å². The molecule has 0 aromatic carbocycles. The fraction of sp³-hybridized carbons (Fsp3) is 0.769. The minimum atomic E-state index is -3.12. The van der Waals surface area contributed by atoms with Gasteiger partial charge in [-0.25, -0.2) is 13.1 Å². The van der Waals surface area contributed by atoms with Crippen molar-refractivity contribution >= 4 is 28.2 Å². The van der Waals surface area contributed by atoms with E-state index in [0.29, 0.717) is 25.6 Å². The second kappa shape index (κ2) is 8.71. The Bertz CT molecular complexity index is 569. The normalized spacial score (nSPS) is 11.6. The molecule has 130 valence electrons. The Kier molecular flexibility index (Phi) is 8.38.